The molecule has 2 aliphatic rings. The van der Waals surface area contributed by atoms with Gasteiger partial charge in [-0.3, -0.25) is 9.59 Å². The van der Waals surface area contributed by atoms with Crippen molar-refractivity contribution < 1.29 is 19.5 Å². The molecular weight excluding hydrogens is 320 g/mol. The highest BCUT2D eigenvalue weighted by atomic mass is 16.4. The van der Waals surface area contributed by atoms with Gasteiger partial charge in [-0.2, -0.15) is 0 Å². The predicted octanol–water partition coefficient (Wildman–Crippen LogP) is 2.80. The van der Waals surface area contributed by atoms with Crippen LogP contribution in [-0.4, -0.2) is 28.4 Å². The summed E-state index contributed by atoms with van der Waals surface area (Å²) in [5.74, 6) is -0.824. The fourth-order valence-electron chi connectivity index (χ4n) is 3.46. The molecule has 2 aliphatic carbocycles. The summed E-state index contributed by atoms with van der Waals surface area (Å²) in [5.41, 5.74) is -0.125. The Morgan fingerprint density at radius 1 is 1.08 bits per heavy atom. The molecule has 0 radical (unpaired) electrons. The van der Waals surface area contributed by atoms with Gasteiger partial charge in [0.15, 0.2) is 0 Å². The molecule has 0 aliphatic heterocycles. The monoisotopic (exact) mass is 344 g/mol. The van der Waals surface area contributed by atoms with Gasteiger partial charge in [0, 0.05) is 17.2 Å². The standard InChI is InChI=1S/C19H24N2O4/c1-12-11-15(12)17(23)20-14-7-5-13(6-8-14)16(22)21-19(18(24)25)9-3-2-4-10-19/h5-8,12,15H,2-4,9-11H2,1H3,(H,20,23)(H,21,22)(H,24,25)/t12-,15-/m0/s1. The smallest absolute Gasteiger partial charge is 0.329 e. The van der Waals surface area contributed by atoms with Crippen molar-refractivity contribution in [2.75, 3.05) is 5.32 Å². The molecule has 25 heavy (non-hydrogen) atoms. The molecule has 3 N–H and O–H groups in total. The minimum atomic E-state index is -1.16. The molecule has 2 saturated carbocycles. The summed E-state index contributed by atoms with van der Waals surface area (Å²) in [5, 5.41) is 15.1. The van der Waals surface area contributed by atoms with Crippen LogP contribution in [0.15, 0.2) is 24.3 Å². The van der Waals surface area contributed by atoms with Crippen molar-refractivity contribution in [2.45, 2.75) is 51.0 Å². The third-order valence-electron chi connectivity index (χ3n) is 5.33. The van der Waals surface area contributed by atoms with E-state index in [4.69, 9.17) is 0 Å². The Bertz CT molecular complexity index is 677. The quantitative estimate of drug-likeness (QED) is 0.765. The number of carboxylic acids is 1. The van der Waals surface area contributed by atoms with Gasteiger partial charge in [-0.25, -0.2) is 4.79 Å². The lowest BCUT2D eigenvalue weighted by atomic mass is 9.81. The molecule has 0 unspecified atom stereocenters. The van der Waals surface area contributed by atoms with Crippen LogP contribution < -0.4 is 10.6 Å². The third-order valence-corrected chi connectivity index (χ3v) is 5.33. The average Bonchev–Trinajstić information content (AvgIpc) is 3.33. The number of aliphatic carboxylic acids is 1. The predicted molar refractivity (Wildman–Crippen MR) is 93.3 cm³/mol. The first-order valence-electron chi connectivity index (χ1n) is 8.88. The van der Waals surface area contributed by atoms with Gasteiger partial charge in [-0.1, -0.05) is 26.2 Å². The first-order chi connectivity index (χ1) is 11.9. The van der Waals surface area contributed by atoms with Crippen molar-refractivity contribution in [3.8, 4) is 0 Å². The first kappa shape index (κ1) is 17.5. The van der Waals surface area contributed by atoms with E-state index in [1.54, 1.807) is 24.3 Å². The molecule has 2 fully saturated rings. The van der Waals surface area contributed by atoms with Gasteiger partial charge in [0.05, 0.1) is 0 Å². The SMILES string of the molecule is C[C@H]1C[C@@H]1C(=O)Nc1ccc(C(=O)NC2(C(=O)O)CCCCC2)cc1. The zero-order chi connectivity index (χ0) is 18.0. The molecule has 0 spiro atoms. The number of hydrogen-bond donors (Lipinski definition) is 3. The molecule has 2 amide bonds. The maximum atomic E-state index is 12.5. The molecule has 1 aromatic rings. The lowest BCUT2D eigenvalue weighted by Gasteiger charge is -2.34. The third kappa shape index (κ3) is 3.83. The van der Waals surface area contributed by atoms with Crippen LogP contribution in [0.5, 0.6) is 0 Å². The zero-order valence-electron chi connectivity index (χ0n) is 14.4. The van der Waals surface area contributed by atoms with Crippen LogP contribution in [-0.2, 0) is 9.59 Å². The van der Waals surface area contributed by atoms with Gasteiger partial charge < -0.3 is 15.7 Å². The summed E-state index contributed by atoms with van der Waals surface area (Å²) in [7, 11) is 0. The second-order valence-electron chi connectivity index (χ2n) is 7.29. The number of hydrogen-bond acceptors (Lipinski definition) is 3. The van der Waals surface area contributed by atoms with Gasteiger partial charge in [-0.15, -0.1) is 0 Å². The van der Waals surface area contributed by atoms with Gasteiger partial charge in [-0.05, 0) is 49.4 Å². The first-order valence-corrected chi connectivity index (χ1v) is 8.88. The molecular formula is C19H24N2O4. The van der Waals surface area contributed by atoms with E-state index in [2.05, 4.69) is 10.6 Å². The number of anilines is 1. The van der Waals surface area contributed by atoms with Gasteiger partial charge in [0.2, 0.25) is 5.91 Å². The number of nitrogens with one attached hydrogen (secondary N) is 2. The number of benzene rings is 1. The molecule has 6 nitrogen and oxygen atoms in total. The molecule has 1 aromatic carbocycles. The summed E-state index contributed by atoms with van der Waals surface area (Å²) in [4.78, 5) is 36.0. The topological polar surface area (TPSA) is 95.5 Å². The van der Waals surface area contributed by atoms with Crippen molar-refractivity contribution in [2.24, 2.45) is 11.8 Å². The molecule has 134 valence electrons. The van der Waals surface area contributed by atoms with E-state index < -0.39 is 17.4 Å². The maximum absolute atomic E-state index is 12.5. The van der Waals surface area contributed by atoms with Crippen molar-refractivity contribution in [1.82, 2.24) is 5.32 Å². The maximum Gasteiger partial charge on any atom is 0.329 e. The molecule has 6 heteroatoms. The van der Waals surface area contributed by atoms with E-state index in [9.17, 15) is 19.5 Å². The Hall–Kier alpha value is -2.37. The van der Waals surface area contributed by atoms with Crippen molar-refractivity contribution in [3.05, 3.63) is 29.8 Å². The van der Waals surface area contributed by atoms with E-state index in [1.807, 2.05) is 6.92 Å². The lowest BCUT2D eigenvalue weighted by Crippen LogP contribution is -2.55. The fourth-order valence-corrected chi connectivity index (χ4v) is 3.46. The second-order valence-corrected chi connectivity index (χ2v) is 7.29. The number of rotatable bonds is 5. The van der Waals surface area contributed by atoms with Crippen LogP contribution in [0, 0.1) is 11.8 Å². The molecule has 0 aromatic heterocycles. The lowest BCUT2D eigenvalue weighted by molar-refractivity contribution is -0.146. The highest BCUT2D eigenvalue weighted by Crippen LogP contribution is 2.38. The van der Waals surface area contributed by atoms with E-state index >= 15 is 0 Å². The van der Waals surface area contributed by atoms with Crippen LogP contribution in [0.2, 0.25) is 0 Å². The zero-order valence-corrected chi connectivity index (χ0v) is 14.4. The van der Waals surface area contributed by atoms with Crippen molar-refractivity contribution in [3.63, 3.8) is 0 Å². The van der Waals surface area contributed by atoms with E-state index in [0.717, 1.165) is 25.7 Å². The number of amides is 2. The second kappa shape index (κ2) is 6.86. The van der Waals surface area contributed by atoms with Crippen LogP contribution >= 0.6 is 0 Å². The number of carbonyl (C=O) groups excluding carboxylic acids is 2. The van der Waals surface area contributed by atoms with Crippen LogP contribution in [0.25, 0.3) is 0 Å². The van der Waals surface area contributed by atoms with Gasteiger partial charge in [0.1, 0.15) is 5.54 Å². The summed E-state index contributed by atoms with van der Waals surface area (Å²) in [6, 6.07) is 6.57. The Labute approximate surface area is 147 Å². The van der Waals surface area contributed by atoms with Crippen LogP contribution in [0.3, 0.4) is 0 Å². The molecule has 0 heterocycles. The van der Waals surface area contributed by atoms with Crippen LogP contribution in [0.4, 0.5) is 5.69 Å². The Balaban J connectivity index is 1.64. The molecule has 3 rings (SSSR count). The van der Waals surface area contributed by atoms with Gasteiger partial charge in [0.25, 0.3) is 5.91 Å². The summed E-state index contributed by atoms with van der Waals surface area (Å²) in [6.07, 6.45) is 4.44. The Morgan fingerprint density at radius 3 is 2.20 bits per heavy atom. The highest BCUT2D eigenvalue weighted by Gasteiger charge is 2.41. The summed E-state index contributed by atoms with van der Waals surface area (Å²) in [6.45, 7) is 2.04. The van der Waals surface area contributed by atoms with Crippen molar-refractivity contribution in [1.29, 1.82) is 0 Å². The molecule has 0 bridgehead atoms. The van der Waals surface area contributed by atoms with Gasteiger partial charge >= 0.3 is 5.97 Å². The van der Waals surface area contributed by atoms with E-state index in [0.29, 0.717) is 30.0 Å². The minimum Gasteiger partial charge on any atom is -0.480 e. The van der Waals surface area contributed by atoms with Crippen LogP contribution in [0.1, 0.15) is 55.8 Å². The largest absolute Gasteiger partial charge is 0.480 e. The van der Waals surface area contributed by atoms with Crippen molar-refractivity contribution >= 4 is 23.5 Å². The number of carbonyl (C=O) groups is 3. The average molecular weight is 344 g/mol. The van der Waals surface area contributed by atoms with E-state index in [-0.39, 0.29) is 11.8 Å². The Morgan fingerprint density at radius 2 is 1.68 bits per heavy atom. The highest BCUT2D eigenvalue weighted by molar-refractivity contribution is 5.99. The molecule has 0 saturated heterocycles. The fraction of sp³-hybridized carbons (Fsp3) is 0.526. The number of carboxylic acid groups (broad SMARTS) is 1. The van der Waals surface area contributed by atoms with E-state index in [1.165, 1.54) is 0 Å². The Kier molecular flexibility index (Phi) is 4.79. The normalized spacial score (nSPS) is 24.2. The summed E-state index contributed by atoms with van der Waals surface area (Å²) < 4.78 is 0. The minimum absolute atomic E-state index is 0.0109. The summed E-state index contributed by atoms with van der Waals surface area (Å²) >= 11 is 0. The molecule has 2 atom stereocenters.